The van der Waals surface area contributed by atoms with Crippen LogP contribution in [0.25, 0.3) is 0 Å². The molecule has 2 rings (SSSR count). The number of rotatable bonds is 4. The molecule has 1 aromatic carbocycles. The SMILES string of the molecule is COC(=O)c1cc(C)ccc1NS(=O)(=O)c1cnc[nH]1. The van der Waals surface area contributed by atoms with Crippen molar-refractivity contribution in [3.8, 4) is 0 Å². The number of aryl methyl sites for hydroxylation is 1. The van der Waals surface area contributed by atoms with Gasteiger partial charge in [0.2, 0.25) is 0 Å². The highest BCUT2D eigenvalue weighted by Gasteiger charge is 2.20. The number of H-pyrrole nitrogens is 1. The molecule has 106 valence electrons. The largest absolute Gasteiger partial charge is 0.465 e. The highest BCUT2D eigenvalue weighted by molar-refractivity contribution is 7.92. The number of methoxy groups -OCH3 is 1. The Bertz CT molecular complexity index is 723. The number of ether oxygens (including phenoxy) is 1. The summed E-state index contributed by atoms with van der Waals surface area (Å²) in [5.74, 6) is -0.615. The fourth-order valence-corrected chi connectivity index (χ4v) is 2.60. The lowest BCUT2D eigenvalue weighted by atomic mass is 10.1. The molecule has 0 unspecified atom stereocenters. The molecule has 0 atom stereocenters. The molecule has 1 heterocycles. The van der Waals surface area contributed by atoms with Crippen LogP contribution in [0.15, 0.2) is 35.7 Å². The molecule has 2 N–H and O–H groups in total. The molecule has 0 saturated carbocycles. The monoisotopic (exact) mass is 295 g/mol. The van der Waals surface area contributed by atoms with Crippen LogP contribution in [0.4, 0.5) is 5.69 Å². The Labute approximate surface area is 116 Å². The molecule has 0 bridgehead atoms. The zero-order valence-electron chi connectivity index (χ0n) is 10.9. The van der Waals surface area contributed by atoms with Gasteiger partial charge in [0.1, 0.15) is 0 Å². The highest BCUT2D eigenvalue weighted by atomic mass is 32.2. The van der Waals surface area contributed by atoms with E-state index in [1.165, 1.54) is 25.7 Å². The van der Waals surface area contributed by atoms with Gasteiger partial charge in [-0.3, -0.25) is 4.72 Å². The van der Waals surface area contributed by atoms with Crippen LogP contribution in [0.3, 0.4) is 0 Å². The van der Waals surface area contributed by atoms with Crippen molar-refractivity contribution in [1.29, 1.82) is 0 Å². The first-order chi connectivity index (χ1) is 9.44. The number of carbonyl (C=O) groups is 1. The summed E-state index contributed by atoms with van der Waals surface area (Å²) in [6, 6.07) is 4.75. The molecule has 0 aliphatic heterocycles. The van der Waals surface area contributed by atoms with Crippen LogP contribution in [-0.4, -0.2) is 31.5 Å². The summed E-state index contributed by atoms with van der Waals surface area (Å²) >= 11 is 0. The van der Waals surface area contributed by atoms with Crippen LogP contribution in [0.1, 0.15) is 15.9 Å². The number of imidazole rings is 1. The van der Waals surface area contributed by atoms with Crippen molar-refractivity contribution >= 4 is 21.7 Å². The van der Waals surface area contributed by atoms with E-state index in [1.807, 2.05) is 0 Å². The third-order valence-electron chi connectivity index (χ3n) is 2.59. The maximum absolute atomic E-state index is 12.1. The van der Waals surface area contributed by atoms with Gasteiger partial charge < -0.3 is 9.72 Å². The van der Waals surface area contributed by atoms with E-state index >= 15 is 0 Å². The zero-order valence-corrected chi connectivity index (χ0v) is 11.7. The van der Waals surface area contributed by atoms with Gasteiger partial charge in [0.05, 0.1) is 30.9 Å². The van der Waals surface area contributed by atoms with Gasteiger partial charge in [0.25, 0.3) is 10.0 Å². The summed E-state index contributed by atoms with van der Waals surface area (Å²) in [6.07, 6.45) is 2.43. The first-order valence-electron chi connectivity index (χ1n) is 5.64. The Morgan fingerprint density at radius 2 is 2.15 bits per heavy atom. The average Bonchev–Trinajstić information content (AvgIpc) is 2.94. The Balaban J connectivity index is 2.42. The molecular formula is C12H13N3O4S. The normalized spacial score (nSPS) is 11.1. The lowest BCUT2D eigenvalue weighted by Crippen LogP contribution is -2.16. The van der Waals surface area contributed by atoms with Crippen LogP contribution in [-0.2, 0) is 14.8 Å². The first-order valence-corrected chi connectivity index (χ1v) is 7.12. The molecule has 0 amide bonds. The third kappa shape index (κ3) is 2.80. The number of nitrogens with one attached hydrogen (secondary N) is 2. The van der Waals surface area contributed by atoms with Crippen LogP contribution in [0.2, 0.25) is 0 Å². The van der Waals surface area contributed by atoms with Crippen molar-refractivity contribution in [1.82, 2.24) is 9.97 Å². The summed E-state index contributed by atoms with van der Waals surface area (Å²) in [7, 11) is -2.59. The molecule has 0 aliphatic rings. The van der Waals surface area contributed by atoms with Gasteiger partial charge >= 0.3 is 5.97 Å². The highest BCUT2D eigenvalue weighted by Crippen LogP contribution is 2.21. The third-order valence-corrected chi connectivity index (χ3v) is 3.88. The number of carbonyl (C=O) groups excluding carboxylic acids is 1. The number of aromatic nitrogens is 2. The summed E-state index contributed by atoms with van der Waals surface area (Å²) in [4.78, 5) is 17.8. The zero-order chi connectivity index (χ0) is 14.8. The molecule has 1 aromatic heterocycles. The van der Waals surface area contributed by atoms with E-state index in [2.05, 4.69) is 19.4 Å². The van der Waals surface area contributed by atoms with Crippen LogP contribution in [0.5, 0.6) is 0 Å². The van der Waals surface area contributed by atoms with Gasteiger partial charge in [-0.1, -0.05) is 11.6 Å². The lowest BCUT2D eigenvalue weighted by Gasteiger charge is -2.11. The van der Waals surface area contributed by atoms with Crippen molar-refractivity contribution in [2.24, 2.45) is 0 Å². The molecule has 2 aromatic rings. The number of hydrogen-bond donors (Lipinski definition) is 2. The summed E-state index contributed by atoms with van der Waals surface area (Å²) < 4.78 is 31.1. The Kier molecular flexibility index (Phi) is 3.75. The standard InChI is InChI=1S/C12H13N3O4S/c1-8-3-4-10(9(5-8)12(16)19-2)15-20(17,18)11-6-13-7-14-11/h3-7,15H,1-2H3,(H,13,14). The van der Waals surface area contributed by atoms with E-state index in [-0.39, 0.29) is 16.3 Å². The lowest BCUT2D eigenvalue weighted by molar-refractivity contribution is 0.0602. The van der Waals surface area contributed by atoms with Crippen LogP contribution < -0.4 is 4.72 Å². The number of hydrogen-bond acceptors (Lipinski definition) is 5. The maximum Gasteiger partial charge on any atom is 0.340 e. The summed E-state index contributed by atoms with van der Waals surface area (Å²) in [6.45, 7) is 1.79. The number of aromatic amines is 1. The molecule has 0 aliphatic carbocycles. The molecule has 0 saturated heterocycles. The minimum atomic E-state index is -3.82. The molecule has 7 nitrogen and oxygen atoms in total. The van der Waals surface area contributed by atoms with E-state index in [4.69, 9.17) is 0 Å². The number of nitrogens with zero attached hydrogens (tertiary/aromatic N) is 1. The van der Waals surface area contributed by atoms with Crippen molar-refractivity contribution in [2.45, 2.75) is 11.9 Å². The number of esters is 1. The van der Waals surface area contributed by atoms with Crippen molar-refractivity contribution < 1.29 is 17.9 Å². The minimum absolute atomic E-state index is 0.0890. The Morgan fingerprint density at radius 1 is 1.40 bits per heavy atom. The predicted molar refractivity (Wildman–Crippen MR) is 71.9 cm³/mol. The Hall–Kier alpha value is -2.35. The second-order valence-electron chi connectivity index (χ2n) is 4.06. The van der Waals surface area contributed by atoms with E-state index in [0.29, 0.717) is 0 Å². The van der Waals surface area contributed by atoms with Gasteiger partial charge in [-0.05, 0) is 19.1 Å². The van der Waals surface area contributed by atoms with Crippen LogP contribution in [0, 0.1) is 6.92 Å². The first kappa shape index (κ1) is 14.1. The fraction of sp³-hybridized carbons (Fsp3) is 0.167. The van der Waals surface area contributed by atoms with Crippen molar-refractivity contribution in [2.75, 3.05) is 11.8 Å². The smallest absolute Gasteiger partial charge is 0.340 e. The number of sulfonamides is 1. The van der Waals surface area contributed by atoms with Gasteiger partial charge in [-0.25, -0.2) is 9.78 Å². The molecular weight excluding hydrogens is 282 g/mol. The number of anilines is 1. The molecule has 20 heavy (non-hydrogen) atoms. The average molecular weight is 295 g/mol. The second kappa shape index (κ2) is 5.33. The predicted octanol–water partition coefficient (Wildman–Crippen LogP) is 1.31. The topological polar surface area (TPSA) is 101 Å². The van der Waals surface area contributed by atoms with Crippen molar-refractivity contribution in [3.63, 3.8) is 0 Å². The molecule has 0 spiro atoms. The van der Waals surface area contributed by atoms with E-state index < -0.39 is 16.0 Å². The van der Waals surface area contributed by atoms with Crippen LogP contribution >= 0.6 is 0 Å². The Morgan fingerprint density at radius 3 is 2.75 bits per heavy atom. The van der Waals surface area contributed by atoms with E-state index in [9.17, 15) is 13.2 Å². The van der Waals surface area contributed by atoms with Gasteiger partial charge in [-0.2, -0.15) is 8.42 Å². The fourth-order valence-electron chi connectivity index (χ4n) is 1.62. The van der Waals surface area contributed by atoms with Crippen molar-refractivity contribution in [3.05, 3.63) is 41.9 Å². The van der Waals surface area contributed by atoms with E-state index in [0.717, 1.165) is 5.56 Å². The molecule has 0 radical (unpaired) electrons. The second-order valence-corrected chi connectivity index (χ2v) is 5.71. The van der Waals surface area contributed by atoms with Gasteiger partial charge in [0, 0.05) is 0 Å². The quantitative estimate of drug-likeness (QED) is 0.828. The van der Waals surface area contributed by atoms with Gasteiger partial charge in [-0.15, -0.1) is 0 Å². The number of benzene rings is 1. The summed E-state index contributed by atoms with van der Waals surface area (Å²) in [5.41, 5.74) is 1.11. The minimum Gasteiger partial charge on any atom is -0.465 e. The van der Waals surface area contributed by atoms with E-state index in [1.54, 1.807) is 19.1 Å². The summed E-state index contributed by atoms with van der Waals surface area (Å²) in [5, 5.41) is -0.0890. The molecule has 0 fully saturated rings. The maximum atomic E-state index is 12.1. The molecule has 8 heteroatoms. The van der Waals surface area contributed by atoms with Gasteiger partial charge in [0.15, 0.2) is 5.03 Å².